The summed E-state index contributed by atoms with van der Waals surface area (Å²) in [7, 11) is 0. The Labute approximate surface area is 199 Å². The fourth-order valence-electron chi connectivity index (χ4n) is 4.25. The second-order valence-electron chi connectivity index (χ2n) is 8.00. The molecule has 33 heavy (non-hydrogen) atoms. The van der Waals surface area contributed by atoms with Crippen molar-refractivity contribution in [2.24, 2.45) is 0 Å². The van der Waals surface area contributed by atoms with Gasteiger partial charge in [-0.3, -0.25) is 4.98 Å². The molecule has 166 valence electrons. The number of anilines is 1. The maximum atomic E-state index is 6.43. The Balaban J connectivity index is 1.55. The van der Waals surface area contributed by atoms with Crippen LogP contribution in [0.2, 0.25) is 0 Å². The van der Waals surface area contributed by atoms with Gasteiger partial charge in [0.05, 0.1) is 18.3 Å². The third-order valence-corrected chi connectivity index (χ3v) is 6.06. The number of hydrogen-bond acceptors (Lipinski definition) is 4. The first-order valence-corrected chi connectivity index (χ1v) is 11.4. The summed E-state index contributed by atoms with van der Waals surface area (Å²) in [6.45, 7) is 4.70. The molecule has 0 bridgehead atoms. The highest BCUT2D eigenvalue weighted by Gasteiger charge is 2.42. The van der Waals surface area contributed by atoms with Crippen LogP contribution in [0.3, 0.4) is 0 Å². The van der Waals surface area contributed by atoms with E-state index >= 15 is 0 Å². The maximum absolute atomic E-state index is 6.43. The Morgan fingerprint density at radius 2 is 1.88 bits per heavy atom. The van der Waals surface area contributed by atoms with Gasteiger partial charge in [-0.05, 0) is 92.3 Å². The zero-order valence-electron chi connectivity index (χ0n) is 18.6. The second kappa shape index (κ2) is 9.08. The molecule has 0 aliphatic carbocycles. The summed E-state index contributed by atoms with van der Waals surface area (Å²) in [5.74, 6) is 2.47. The minimum Gasteiger partial charge on any atom is -0.494 e. The first kappa shape index (κ1) is 21.2. The quantitative estimate of drug-likeness (QED) is 0.348. The molecule has 2 atom stereocenters. The number of benzene rings is 2. The van der Waals surface area contributed by atoms with Crippen LogP contribution in [0.4, 0.5) is 5.69 Å². The summed E-state index contributed by atoms with van der Waals surface area (Å²) in [6, 6.07) is 25.9. The van der Waals surface area contributed by atoms with Crippen LogP contribution in [0, 0.1) is 6.92 Å². The lowest BCUT2D eigenvalue weighted by Crippen LogP contribution is -2.29. The van der Waals surface area contributed by atoms with E-state index in [1.54, 1.807) is 6.20 Å². The van der Waals surface area contributed by atoms with Crippen LogP contribution in [0.15, 0.2) is 89.5 Å². The minimum absolute atomic E-state index is 0.140. The third kappa shape index (κ3) is 4.22. The van der Waals surface area contributed by atoms with E-state index in [-0.39, 0.29) is 12.1 Å². The molecule has 1 N–H and O–H groups in total. The van der Waals surface area contributed by atoms with Crippen LogP contribution in [0.25, 0.3) is 11.3 Å². The predicted molar refractivity (Wildman–Crippen MR) is 134 cm³/mol. The van der Waals surface area contributed by atoms with E-state index in [4.69, 9.17) is 21.4 Å². The molecule has 1 aliphatic rings. The lowest BCUT2D eigenvalue weighted by Gasteiger charge is -2.26. The van der Waals surface area contributed by atoms with Gasteiger partial charge in [0.1, 0.15) is 23.3 Å². The van der Waals surface area contributed by atoms with E-state index in [1.165, 1.54) is 5.56 Å². The second-order valence-corrected chi connectivity index (χ2v) is 8.38. The Bertz CT molecular complexity index is 1250. The molecular weight excluding hydrogens is 430 g/mol. The Kier molecular flexibility index (Phi) is 5.84. The number of aryl methyl sites for hydroxylation is 1. The van der Waals surface area contributed by atoms with Crippen LogP contribution >= 0.6 is 12.2 Å². The normalized spacial score (nSPS) is 17.8. The van der Waals surface area contributed by atoms with Crippen LogP contribution in [-0.2, 0) is 0 Å². The monoisotopic (exact) mass is 455 g/mol. The van der Waals surface area contributed by atoms with E-state index in [0.717, 1.165) is 34.2 Å². The molecule has 0 amide bonds. The van der Waals surface area contributed by atoms with E-state index in [2.05, 4.69) is 40.3 Å². The van der Waals surface area contributed by atoms with E-state index in [9.17, 15) is 0 Å². The van der Waals surface area contributed by atoms with Gasteiger partial charge < -0.3 is 19.4 Å². The van der Waals surface area contributed by atoms with Crippen molar-refractivity contribution in [3.8, 4) is 17.1 Å². The average Bonchev–Trinajstić information content (AvgIpc) is 3.45. The highest BCUT2D eigenvalue weighted by molar-refractivity contribution is 7.80. The smallest absolute Gasteiger partial charge is 0.174 e. The molecule has 2 aromatic heterocycles. The standard InChI is InChI=1S/C27H25N3O2S/c1-3-31-21-12-10-19(11-13-21)23-14-15-24(32-23)26-25(22-9-4-5-16-28-22)29-27(33)30(26)20-8-6-7-18(2)17-20/h4-17,25-26H,3H2,1-2H3,(H,29,33)/t25-,26-/m1/s1. The maximum Gasteiger partial charge on any atom is 0.174 e. The Morgan fingerprint density at radius 3 is 2.61 bits per heavy atom. The lowest BCUT2D eigenvalue weighted by atomic mass is 10.0. The SMILES string of the molecule is CCOc1ccc(-c2ccc([C@@H]3[C@@H](c4ccccn4)NC(=S)N3c3cccc(C)c3)o2)cc1. The molecule has 1 fully saturated rings. The fourth-order valence-corrected chi connectivity index (χ4v) is 4.59. The number of nitrogens with zero attached hydrogens (tertiary/aromatic N) is 2. The van der Waals surface area contributed by atoms with Crippen molar-refractivity contribution in [1.82, 2.24) is 10.3 Å². The predicted octanol–water partition coefficient (Wildman–Crippen LogP) is 6.23. The third-order valence-electron chi connectivity index (χ3n) is 5.75. The van der Waals surface area contributed by atoms with Crippen molar-refractivity contribution < 1.29 is 9.15 Å². The summed E-state index contributed by atoms with van der Waals surface area (Å²) in [6.07, 6.45) is 1.81. The molecule has 5 rings (SSSR count). The van der Waals surface area contributed by atoms with Crippen molar-refractivity contribution in [1.29, 1.82) is 0 Å². The van der Waals surface area contributed by atoms with Crippen molar-refractivity contribution in [2.75, 3.05) is 11.5 Å². The summed E-state index contributed by atoms with van der Waals surface area (Å²) >= 11 is 5.79. The van der Waals surface area contributed by atoms with Gasteiger partial charge in [-0.2, -0.15) is 0 Å². The minimum atomic E-state index is -0.175. The van der Waals surface area contributed by atoms with Crippen molar-refractivity contribution in [3.63, 3.8) is 0 Å². The van der Waals surface area contributed by atoms with Crippen molar-refractivity contribution in [3.05, 3.63) is 102 Å². The molecule has 0 unspecified atom stereocenters. The number of hydrogen-bond donors (Lipinski definition) is 1. The molecule has 6 heteroatoms. The highest BCUT2D eigenvalue weighted by Crippen LogP contribution is 2.43. The summed E-state index contributed by atoms with van der Waals surface area (Å²) in [5.41, 5.74) is 4.11. The number of ether oxygens (including phenoxy) is 1. The van der Waals surface area contributed by atoms with Gasteiger partial charge in [0.15, 0.2) is 5.11 Å². The summed E-state index contributed by atoms with van der Waals surface area (Å²) < 4.78 is 12.0. The van der Waals surface area contributed by atoms with Crippen LogP contribution in [0.1, 0.15) is 36.0 Å². The number of aromatic nitrogens is 1. The van der Waals surface area contributed by atoms with Gasteiger partial charge in [-0.15, -0.1) is 0 Å². The molecule has 4 aromatic rings. The number of nitrogens with one attached hydrogen (secondary N) is 1. The fraction of sp³-hybridized carbons (Fsp3) is 0.185. The molecule has 3 heterocycles. The number of pyridine rings is 1. The van der Waals surface area contributed by atoms with Gasteiger partial charge in [0.25, 0.3) is 0 Å². The van der Waals surface area contributed by atoms with Crippen molar-refractivity contribution in [2.45, 2.75) is 25.9 Å². The lowest BCUT2D eigenvalue weighted by molar-refractivity contribution is 0.340. The van der Waals surface area contributed by atoms with E-state index < -0.39 is 0 Å². The first-order valence-electron chi connectivity index (χ1n) is 11.0. The first-order chi connectivity index (χ1) is 16.1. The Morgan fingerprint density at radius 1 is 1.03 bits per heavy atom. The van der Waals surface area contributed by atoms with Crippen LogP contribution in [0.5, 0.6) is 5.75 Å². The van der Waals surface area contributed by atoms with E-state index in [1.807, 2.05) is 67.6 Å². The van der Waals surface area contributed by atoms with Gasteiger partial charge >= 0.3 is 0 Å². The molecule has 2 aromatic carbocycles. The van der Waals surface area contributed by atoms with E-state index in [0.29, 0.717) is 11.7 Å². The number of furan rings is 1. The summed E-state index contributed by atoms with van der Waals surface area (Å²) in [5, 5.41) is 4.13. The van der Waals surface area contributed by atoms with Crippen molar-refractivity contribution >= 4 is 23.0 Å². The highest BCUT2D eigenvalue weighted by atomic mass is 32.1. The molecular formula is C27H25N3O2S. The molecule has 0 saturated carbocycles. The molecule has 5 nitrogen and oxygen atoms in total. The van der Waals surface area contributed by atoms with Gasteiger partial charge in [0, 0.05) is 17.4 Å². The molecule has 1 saturated heterocycles. The largest absolute Gasteiger partial charge is 0.494 e. The number of thiocarbonyl (C=S) groups is 1. The van der Waals surface area contributed by atoms with Gasteiger partial charge in [-0.25, -0.2) is 0 Å². The summed E-state index contributed by atoms with van der Waals surface area (Å²) in [4.78, 5) is 6.73. The molecule has 0 radical (unpaired) electrons. The van der Waals surface area contributed by atoms with Crippen LogP contribution in [-0.4, -0.2) is 16.7 Å². The van der Waals surface area contributed by atoms with Gasteiger partial charge in [-0.1, -0.05) is 18.2 Å². The molecule has 1 aliphatic heterocycles. The Hall–Kier alpha value is -3.64. The average molecular weight is 456 g/mol. The molecule has 0 spiro atoms. The zero-order valence-corrected chi connectivity index (χ0v) is 19.4. The zero-order chi connectivity index (χ0) is 22.8. The van der Waals surface area contributed by atoms with Gasteiger partial charge in [0.2, 0.25) is 0 Å². The topological polar surface area (TPSA) is 50.5 Å². The van der Waals surface area contributed by atoms with Crippen LogP contribution < -0.4 is 15.0 Å². The number of rotatable bonds is 6.